The molecule has 0 spiro atoms. The van der Waals surface area contributed by atoms with Crippen molar-refractivity contribution < 1.29 is 9.53 Å². The van der Waals surface area contributed by atoms with Crippen LogP contribution in [0.5, 0.6) is 0 Å². The molecule has 2 heteroatoms. The fourth-order valence-corrected chi connectivity index (χ4v) is 2.87. The van der Waals surface area contributed by atoms with E-state index in [9.17, 15) is 4.79 Å². The molecule has 0 saturated carbocycles. The molecule has 0 fully saturated rings. The molecule has 0 unspecified atom stereocenters. The van der Waals surface area contributed by atoms with Gasteiger partial charge in [0, 0.05) is 0 Å². The number of carbonyl (C=O) groups excluding carboxylic acids is 1. The zero-order chi connectivity index (χ0) is 16.2. The second-order valence-electron chi connectivity index (χ2n) is 5.38. The van der Waals surface area contributed by atoms with Gasteiger partial charge in [0.2, 0.25) is 0 Å². The van der Waals surface area contributed by atoms with E-state index < -0.39 is 0 Å². The highest BCUT2D eigenvalue weighted by Gasteiger charge is 2.19. The minimum Gasteiger partial charge on any atom is -0.465 e. The van der Waals surface area contributed by atoms with Gasteiger partial charge in [-0.05, 0) is 34.7 Å². The summed E-state index contributed by atoms with van der Waals surface area (Å²) in [6.07, 6.45) is 0. The van der Waals surface area contributed by atoms with Crippen LogP contribution in [0.15, 0.2) is 72.8 Å². The Hall–Kier alpha value is -2.87. The van der Waals surface area contributed by atoms with Crippen molar-refractivity contribution in [3.05, 3.63) is 83.9 Å². The van der Waals surface area contributed by atoms with E-state index in [4.69, 9.17) is 4.74 Å². The lowest BCUT2D eigenvalue weighted by Gasteiger charge is -2.15. The van der Waals surface area contributed by atoms with Crippen LogP contribution in [0.2, 0.25) is 0 Å². The van der Waals surface area contributed by atoms with Crippen LogP contribution < -0.4 is 0 Å². The molecule has 3 rings (SSSR count). The molecule has 0 radical (unpaired) electrons. The van der Waals surface area contributed by atoms with E-state index in [0.717, 1.165) is 27.8 Å². The second kappa shape index (κ2) is 6.49. The maximum absolute atomic E-state index is 12.4. The first kappa shape index (κ1) is 15.0. The van der Waals surface area contributed by atoms with Gasteiger partial charge in [-0.15, -0.1) is 0 Å². The minimum atomic E-state index is -0.306. The number of benzene rings is 3. The quantitative estimate of drug-likeness (QED) is 0.628. The van der Waals surface area contributed by atoms with Gasteiger partial charge >= 0.3 is 5.97 Å². The molecule has 0 aliphatic carbocycles. The van der Waals surface area contributed by atoms with E-state index >= 15 is 0 Å². The van der Waals surface area contributed by atoms with Crippen molar-refractivity contribution >= 4 is 5.97 Å². The van der Waals surface area contributed by atoms with Crippen LogP contribution in [-0.2, 0) is 4.74 Å². The normalized spacial score (nSPS) is 10.3. The molecule has 0 aliphatic rings. The largest absolute Gasteiger partial charge is 0.465 e. The molecule has 114 valence electrons. The van der Waals surface area contributed by atoms with Crippen molar-refractivity contribution in [1.82, 2.24) is 0 Å². The summed E-state index contributed by atoms with van der Waals surface area (Å²) in [6, 6.07) is 24.0. The molecule has 3 aromatic carbocycles. The maximum Gasteiger partial charge on any atom is 0.338 e. The van der Waals surface area contributed by atoms with Gasteiger partial charge in [0.05, 0.1) is 12.7 Å². The van der Waals surface area contributed by atoms with Gasteiger partial charge in [-0.25, -0.2) is 4.79 Å². The summed E-state index contributed by atoms with van der Waals surface area (Å²) in [5, 5.41) is 0. The zero-order valence-corrected chi connectivity index (χ0v) is 13.2. The van der Waals surface area contributed by atoms with Crippen LogP contribution in [-0.4, -0.2) is 13.1 Å². The fourth-order valence-electron chi connectivity index (χ4n) is 2.87. The van der Waals surface area contributed by atoms with Crippen molar-refractivity contribution in [3.8, 4) is 22.3 Å². The van der Waals surface area contributed by atoms with Crippen LogP contribution in [0.3, 0.4) is 0 Å². The smallest absolute Gasteiger partial charge is 0.338 e. The lowest BCUT2D eigenvalue weighted by Crippen LogP contribution is -2.07. The zero-order valence-electron chi connectivity index (χ0n) is 13.2. The number of esters is 1. The first-order valence-electron chi connectivity index (χ1n) is 7.55. The molecular formula is C21H18O2. The molecule has 0 aliphatic heterocycles. The van der Waals surface area contributed by atoms with Crippen LogP contribution in [0, 0.1) is 6.92 Å². The number of methoxy groups -OCH3 is 1. The first-order chi connectivity index (χ1) is 11.2. The number of hydrogen-bond acceptors (Lipinski definition) is 2. The third-order valence-electron chi connectivity index (χ3n) is 4.02. The maximum atomic E-state index is 12.4. The van der Waals surface area contributed by atoms with Crippen molar-refractivity contribution in [2.24, 2.45) is 0 Å². The summed E-state index contributed by atoms with van der Waals surface area (Å²) in [5.74, 6) is -0.306. The highest BCUT2D eigenvalue weighted by Crippen LogP contribution is 2.33. The van der Waals surface area contributed by atoms with Gasteiger partial charge in [-0.3, -0.25) is 0 Å². The molecule has 0 atom stereocenters. The van der Waals surface area contributed by atoms with E-state index in [1.807, 2.05) is 73.7 Å². The Bertz CT molecular complexity index is 821. The molecular weight excluding hydrogens is 284 g/mol. The lowest BCUT2D eigenvalue weighted by molar-refractivity contribution is 0.0601. The number of hydrogen-bond donors (Lipinski definition) is 0. The van der Waals surface area contributed by atoms with Crippen molar-refractivity contribution in [1.29, 1.82) is 0 Å². The topological polar surface area (TPSA) is 26.3 Å². The van der Waals surface area contributed by atoms with Crippen molar-refractivity contribution in [2.75, 3.05) is 7.11 Å². The summed E-state index contributed by atoms with van der Waals surface area (Å²) >= 11 is 0. The molecule has 2 nitrogen and oxygen atoms in total. The standard InChI is InChI=1S/C21H18O2/c1-15-18(16-9-5-3-6-10-16)13-14-19(20(15)21(22)23-2)17-11-7-4-8-12-17/h3-14H,1-2H3. The van der Waals surface area contributed by atoms with E-state index in [0.29, 0.717) is 5.56 Å². The fraction of sp³-hybridized carbons (Fsp3) is 0.0952. The van der Waals surface area contributed by atoms with Gasteiger partial charge in [0.15, 0.2) is 0 Å². The van der Waals surface area contributed by atoms with Gasteiger partial charge in [0.25, 0.3) is 0 Å². The highest BCUT2D eigenvalue weighted by molar-refractivity contribution is 6.00. The Labute approximate surface area is 136 Å². The number of ether oxygens (including phenoxy) is 1. The SMILES string of the molecule is COC(=O)c1c(-c2ccccc2)ccc(-c2ccccc2)c1C. The van der Waals surface area contributed by atoms with E-state index in [1.54, 1.807) is 0 Å². The molecule has 0 N–H and O–H groups in total. The Balaban J connectivity index is 2.24. The number of rotatable bonds is 3. The molecule has 0 aromatic heterocycles. The average molecular weight is 302 g/mol. The molecule has 23 heavy (non-hydrogen) atoms. The second-order valence-corrected chi connectivity index (χ2v) is 5.38. The monoisotopic (exact) mass is 302 g/mol. The predicted octanol–water partition coefficient (Wildman–Crippen LogP) is 5.12. The van der Waals surface area contributed by atoms with E-state index in [1.165, 1.54) is 7.11 Å². The summed E-state index contributed by atoms with van der Waals surface area (Å²) in [4.78, 5) is 12.4. The Morgan fingerprint density at radius 3 is 1.74 bits per heavy atom. The summed E-state index contributed by atoms with van der Waals surface area (Å²) in [6.45, 7) is 1.97. The van der Waals surface area contributed by atoms with E-state index in [-0.39, 0.29) is 5.97 Å². The van der Waals surface area contributed by atoms with Gasteiger partial charge in [-0.2, -0.15) is 0 Å². The Kier molecular flexibility index (Phi) is 4.24. The van der Waals surface area contributed by atoms with Gasteiger partial charge < -0.3 is 4.74 Å². The molecule has 0 bridgehead atoms. The minimum absolute atomic E-state index is 0.306. The van der Waals surface area contributed by atoms with Gasteiger partial charge in [-0.1, -0.05) is 72.8 Å². The van der Waals surface area contributed by atoms with Crippen molar-refractivity contribution in [2.45, 2.75) is 6.92 Å². The first-order valence-corrected chi connectivity index (χ1v) is 7.55. The van der Waals surface area contributed by atoms with Crippen LogP contribution >= 0.6 is 0 Å². The lowest BCUT2D eigenvalue weighted by atomic mass is 9.90. The Morgan fingerprint density at radius 1 is 0.739 bits per heavy atom. The highest BCUT2D eigenvalue weighted by atomic mass is 16.5. The predicted molar refractivity (Wildman–Crippen MR) is 93.4 cm³/mol. The average Bonchev–Trinajstić information content (AvgIpc) is 2.62. The Morgan fingerprint density at radius 2 is 1.22 bits per heavy atom. The molecule has 0 heterocycles. The number of carbonyl (C=O) groups is 1. The summed E-state index contributed by atoms with van der Waals surface area (Å²) in [5.41, 5.74) is 5.61. The van der Waals surface area contributed by atoms with Crippen LogP contribution in [0.4, 0.5) is 0 Å². The third kappa shape index (κ3) is 2.88. The third-order valence-corrected chi connectivity index (χ3v) is 4.02. The molecule has 3 aromatic rings. The van der Waals surface area contributed by atoms with Gasteiger partial charge in [0.1, 0.15) is 0 Å². The van der Waals surface area contributed by atoms with Crippen LogP contribution in [0.1, 0.15) is 15.9 Å². The van der Waals surface area contributed by atoms with Crippen LogP contribution in [0.25, 0.3) is 22.3 Å². The molecule has 0 saturated heterocycles. The summed E-state index contributed by atoms with van der Waals surface area (Å²) < 4.78 is 5.03. The van der Waals surface area contributed by atoms with E-state index in [2.05, 4.69) is 6.07 Å². The summed E-state index contributed by atoms with van der Waals surface area (Å²) in [7, 11) is 1.42. The molecule has 0 amide bonds. The van der Waals surface area contributed by atoms with Crippen molar-refractivity contribution in [3.63, 3.8) is 0 Å².